The summed E-state index contributed by atoms with van der Waals surface area (Å²) in [6.07, 6.45) is 0.381. The minimum absolute atomic E-state index is 0.00837. The second-order valence-electron chi connectivity index (χ2n) is 4.68. The monoisotopic (exact) mass is 364 g/mol. The normalized spacial score (nSPS) is 11.0. The molecule has 0 amide bonds. The lowest BCUT2D eigenvalue weighted by atomic mass is 10.1. The van der Waals surface area contributed by atoms with Crippen molar-refractivity contribution in [3.05, 3.63) is 73.5 Å². The van der Waals surface area contributed by atoms with Crippen LogP contribution in [0.4, 0.5) is 0 Å². The first kappa shape index (κ1) is 14.2. The van der Waals surface area contributed by atoms with Crippen molar-refractivity contribution in [1.82, 2.24) is 0 Å². The highest BCUT2D eigenvalue weighted by Crippen LogP contribution is 2.33. The van der Waals surface area contributed by atoms with E-state index in [1.807, 2.05) is 24.3 Å². The second-order valence-corrected chi connectivity index (χ2v) is 5.94. The van der Waals surface area contributed by atoms with Crippen LogP contribution in [0.15, 0.2) is 56.1 Å². The first-order chi connectivity index (χ1) is 10.0. The van der Waals surface area contributed by atoms with Gasteiger partial charge in [-0.25, -0.2) is 4.79 Å². The summed E-state index contributed by atoms with van der Waals surface area (Å²) in [5, 5.41) is 10.7. The van der Waals surface area contributed by atoms with E-state index in [0.717, 1.165) is 10.9 Å². The Kier molecular flexibility index (Phi) is 3.74. The maximum absolute atomic E-state index is 12.0. The highest BCUT2D eigenvalue weighted by molar-refractivity contribution is 9.10. The van der Waals surface area contributed by atoms with Gasteiger partial charge in [-0.2, -0.15) is 0 Å². The van der Waals surface area contributed by atoms with E-state index in [0.29, 0.717) is 22.0 Å². The standard InChI is InChI=1S/C16H10BrClO3/c17-12-6-9(7-13(18)15(12)19)5-11-8-10-3-1-2-4-14(10)21-16(11)20/h1-4,6-8,19H,5H2. The molecule has 1 aromatic heterocycles. The predicted octanol–water partition coefficient (Wildman–Crippen LogP) is 4.51. The second kappa shape index (κ2) is 5.54. The number of fused-ring (bicyclic) bond motifs is 1. The molecule has 0 bridgehead atoms. The summed E-state index contributed by atoms with van der Waals surface area (Å²) >= 11 is 9.17. The quantitative estimate of drug-likeness (QED) is 0.680. The van der Waals surface area contributed by atoms with Gasteiger partial charge >= 0.3 is 5.63 Å². The molecule has 0 aliphatic rings. The zero-order valence-electron chi connectivity index (χ0n) is 10.8. The zero-order valence-corrected chi connectivity index (χ0v) is 13.1. The van der Waals surface area contributed by atoms with Crippen LogP contribution in [0, 0.1) is 0 Å². The van der Waals surface area contributed by atoms with Crippen LogP contribution in [0.25, 0.3) is 11.0 Å². The van der Waals surface area contributed by atoms with Gasteiger partial charge in [-0.3, -0.25) is 0 Å². The fourth-order valence-corrected chi connectivity index (χ4v) is 3.03. The summed E-state index contributed by atoms with van der Waals surface area (Å²) in [7, 11) is 0. The summed E-state index contributed by atoms with van der Waals surface area (Å²) in [6, 6.07) is 12.5. The van der Waals surface area contributed by atoms with Gasteiger partial charge in [0.05, 0.1) is 9.50 Å². The van der Waals surface area contributed by atoms with Gasteiger partial charge in [0.2, 0.25) is 0 Å². The highest BCUT2D eigenvalue weighted by Gasteiger charge is 2.10. The number of phenolic OH excluding ortho intramolecular Hbond substituents is 1. The highest BCUT2D eigenvalue weighted by atomic mass is 79.9. The average Bonchev–Trinajstić information content (AvgIpc) is 2.45. The number of phenols is 1. The fourth-order valence-electron chi connectivity index (χ4n) is 2.17. The van der Waals surface area contributed by atoms with Crippen LogP contribution in [0.2, 0.25) is 5.02 Å². The summed E-state index contributed by atoms with van der Waals surface area (Å²) in [5.74, 6) is -0.00837. The predicted molar refractivity (Wildman–Crippen MR) is 86.1 cm³/mol. The van der Waals surface area contributed by atoms with Gasteiger partial charge in [-0.05, 0) is 45.8 Å². The third kappa shape index (κ3) is 2.82. The van der Waals surface area contributed by atoms with Gasteiger partial charge in [0.1, 0.15) is 11.3 Å². The van der Waals surface area contributed by atoms with E-state index in [1.165, 1.54) is 0 Å². The Labute approximate surface area is 133 Å². The lowest BCUT2D eigenvalue weighted by Gasteiger charge is -2.06. The summed E-state index contributed by atoms with van der Waals surface area (Å²) in [5.41, 5.74) is 1.56. The Morgan fingerprint density at radius 1 is 1.19 bits per heavy atom. The Morgan fingerprint density at radius 2 is 1.95 bits per heavy atom. The van der Waals surface area contributed by atoms with Crippen LogP contribution < -0.4 is 5.63 Å². The van der Waals surface area contributed by atoms with Crippen LogP contribution in [0.1, 0.15) is 11.1 Å². The van der Waals surface area contributed by atoms with Crippen molar-refractivity contribution >= 4 is 38.5 Å². The molecule has 0 unspecified atom stereocenters. The molecule has 0 radical (unpaired) electrons. The molecule has 0 saturated carbocycles. The molecule has 0 fully saturated rings. The van der Waals surface area contributed by atoms with Crippen LogP contribution in [0.3, 0.4) is 0 Å². The van der Waals surface area contributed by atoms with E-state index in [-0.39, 0.29) is 16.4 Å². The zero-order chi connectivity index (χ0) is 15.0. The Hall–Kier alpha value is -1.78. The number of benzene rings is 2. The van der Waals surface area contributed by atoms with E-state index >= 15 is 0 Å². The number of hydrogen-bond acceptors (Lipinski definition) is 3. The van der Waals surface area contributed by atoms with Gasteiger partial charge in [0.15, 0.2) is 0 Å². The molecule has 0 aliphatic heterocycles. The topological polar surface area (TPSA) is 50.4 Å². The average molecular weight is 366 g/mol. The number of hydrogen-bond donors (Lipinski definition) is 1. The molecule has 2 aromatic carbocycles. The van der Waals surface area contributed by atoms with Crippen molar-refractivity contribution in [2.45, 2.75) is 6.42 Å². The van der Waals surface area contributed by atoms with E-state index in [9.17, 15) is 9.90 Å². The van der Waals surface area contributed by atoms with Crippen LogP contribution >= 0.6 is 27.5 Å². The van der Waals surface area contributed by atoms with Crippen molar-refractivity contribution in [3.63, 3.8) is 0 Å². The van der Waals surface area contributed by atoms with Gasteiger partial charge < -0.3 is 9.52 Å². The molecule has 0 saturated heterocycles. The number of aromatic hydroxyl groups is 1. The third-order valence-corrected chi connectivity index (χ3v) is 4.08. The molecule has 3 aromatic rings. The molecule has 3 rings (SSSR count). The van der Waals surface area contributed by atoms with E-state index in [1.54, 1.807) is 18.2 Å². The molecule has 3 nitrogen and oxygen atoms in total. The van der Waals surface area contributed by atoms with Crippen molar-refractivity contribution in [3.8, 4) is 5.75 Å². The lowest BCUT2D eigenvalue weighted by Crippen LogP contribution is -2.07. The van der Waals surface area contributed by atoms with Gasteiger partial charge in [0.25, 0.3) is 0 Å². The third-order valence-electron chi connectivity index (χ3n) is 3.18. The molecule has 0 atom stereocenters. The van der Waals surface area contributed by atoms with E-state index in [4.69, 9.17) is 16.0 Å². The lowest BCUT2D eigenvalue weighted by molar-refractivity contribution is 0.472. The smallest absolute Gasteiger partial charge is 0.339 e. The minimum Gasteiger partial charge on any atom is -0.505 e. The molecule has 21 heavy (non-hydrogen) atoms. The molecule has 0 aliphatic carbocycles. The molecule has 1 N–H and O–H groups in total. The first-order valence-electron chi connectivity index (χ1n) is 6.23. The molecule has 106 valence electrons. The van der Waals surface area contributed by atoms with Crippen molar-refractivity contribution in [2.75, 3.05) is 0 Å². The first-order valence-corrected chi connectivity index (χ1v) is 7.40. The maximum atomic E-state index is 12.0. The van der Waals surface area contributed by atoms with Gasteiger partial charge in [0, 0.05) is 17.4 Å². The van der Waals surface area contributed by atoms with Gasteiger partial charge in [-0.15, -0.1) is 0 Å². The summed E-state index contributed by atoms with van der Waals surface area (Å²) in [6.45, 7) is 0. The van der Waals surface area contributed by atoms with Crippen molar-refractivity contribution in [1.29, 1.82) is 0 Å². The van der Waals surface area contributed by atoms with E-state index < -0.39 is 0 Å². The maximum Gasteiger partial charge on any atom is 0.339 e. The van der Waals surface area contributed by atoms with Crippen molar-refractivity contribution < 1.29 is 9.52 Å². The van der Waals surface area contributed by atoms with E-state index in [2.05, 4.69) is 15.9 Å². The van der Waals surface area contributed by atoms with Crippen LogP contribution in [-0.4, -0.2) is 5.11 Å². The van der Waals surface area contributed by atoms with Gasteiger partial charge in [-0.1, -0.05) is 29.8 Å². The minimum atomic E-state index is -0.367. The molecular formula is C16H10BrClO3. The fraction of sp³-hybridized carbons (Fsp3) is 0.0625. The molecule has 5 heteroatoms. The van der Waals surface area contributed by atoms with Crippen LogP contribution in [0.5, 0.6) is 5.75 Å². The Bertz CT molecular complexity index is 863. The molecule has 0 spiro atoms. The Morgan fingerprint density at radius 3 is 2.71 bits per heavy atom. The molecule has 1 heterocycles. The summed E-state index contributed by atoms with van der Waals surface area (Å²) in [4.78, 5) is 12.0. The largest absolute Gasteiger partial charge is 0.505 e. The Balaban J connectivity index is 2.06. The molecular weight excluding hydrogens is 356 g/mol. The number of halogens is 2. The van der Waals surface area contributed by atoms with Crippen molar-refractivity contribution in [2.24, 2.45) is 0 Å². The van der Waals surface area contributed by atoms with Crippen LogP contribution in [-0.2, 0) is 6.42 Å². The number of rotatable bonds is 2. The SMILES string of the molecule is O=c1oc2ccccc2cc1Cc1cc(Cl)c(O)c(Br)c1. The number of para-hydroxylation sites is 1. The summed E-state index contributed by atoms with van der Waals surface area (Å²) < 4.78 is 5.80.